The zero-order valence-electron chi connectivity index (χ0n) is 7.72. The Hall–Kier alpha value is -1.08. The Balaban J connectivity index is 2.38. The molecule has 0 saturated carbocycles. The molecule has 0 aliphatic rings. The number of hydrogen-bond donors (Lipinski definition) is 2. The van der Waals surface area contributed by atoms with E-state index in [1.807, 2.05) is 0 Å². The highest BCUT2D eigenvalue weighted by molar-refractivity contribution is 7.98. The largest absolute Gasteiger partial charge is 0.368 e. The summed E-state index contributed by atoms with van der Waals surface area (Å²) >= 11 is 1.68. The van der Waals surface area contributed by atoms with Crippen molar-refractivity contribution in [3.63, 3.8) is 0 Å². The van der Waals surface area contributed by atoms with E-state index in [2.05, 4.69) is 10.3 Å². The van der Waals surface area contributed by atoms with Gasteiger partial charge >= 0.3 is 0 Å². The van der Waals surface area contributed by atoms with E-state index in [9.17, 15) is 4.79 Å². The SMILES string of the molecule is NCCSCc1cn(CC(N)=O)nn1. The lowest BCUT2D eigenvalue weighted by Gasteiger charge is -1.94. The number of carbonyl (C=O) groups is 1. The van der Waals surface area contributed by atoms with Gasteiger partial charge < -0.3 is 11.5 Å². The molecule has 0 aromatic carbocycles. The first-order valence-corrected chi connectivity index (χ1v) is 5.33. The number of primary amides is 1. The number of amides is 1. The van der Waals surface area contributed by atoms with Gasteiger partial charge in [-0.05, 0) is 0 Å². The van der Waals surface area contributed by atoms with Gasteiger partial charge in [0, 0.05) is 24.2 Å². The van der Waals surface area contributed by atoms with Gasteiger partial charge in [-0.3, -0.25) is 4.79 Å². The summed E-state index contributed by atoms with van der Waals surface area (Å²) in [6, 6.07) is 0. The number of hydrogen-bond acceptors (Lipinski definition) is 5. The molecule has 4 N–H and O–H groups in total. The molecular formula is C7H13N5OS. The van der Waals surface area contributed by atoms with Crippen LogP contribution in [0.25, 0.3) is 0 Å². The molecule has 1 aromatic rings. The van der Waals surface area contributed by atoms with Crippen LogP contribution in [0.5, 0.6) is 0 Å². The highest BCUT2D eigenvalue weighted by Crippen LogP contribution is 2.07. The number of nitrogens with zero attached hydrogens (tertiary/aromatic N) is 3. The first-order valence-electron chi connectivity index (χ1n) is 4.17. The number of thioether (sulfide) groups is 1. The van der Waals surface area contributed by atoms with Crippen molar-refractivity contribution in [2.75, 3.05) is 12.3 Å². The summed E-state index contributed by atoms with van der Waals surface area (Å²) in [5.74, 6) is 1.23. The predicted molar refractivity (Wildman–Crippen MR) is 54.4 cm³/mol. The van der Waals surface area contributed by atoms with Crippen LogP contribution in [0.4, 0.5) is 0 Å². The fraction of sp³-hybridized carbons (Fsp3) is 0.571. The smallest absolute Gasteiger partial charge is 0.239 e. The molecule has 1 amide bonds. The van der Waals surface area contributed by atoms with Crippen LogP contribution in [-0.2, 0) is 17.1 Å². The van der Waals surface area contributed by atoms with E-state index in [1.165, 1.54) is 4.68 Å². The van der Waals surface area contributed by atoms with E-state index >= 15 is 0 Å². The van der Waals surface area contributed by atoms with Gasteiger partial charge in [0.25, 0.3) is 0 Å². The molecule has 0 spiro atoms. The number of rotatable bonds is 6. The van der Waals surface area contributed by atoms with Crippen LogP contribution in [0.15, 0.2) is 6.20 Å². The normalized spacial score (nSPS) is 10.4. The summed E-state index contributed by atoms with van der Waals surface area (Å²) in [6.45, 7) is 0.731. The molecule has 0 radical (unpaired) electrons. The summed E-state index contributed by atoms with van der Waals surface area (Å²) in [6.07, 6.45) is 1.72. The Morgan fingerprint density at radius 1 is 1.64 bits per heavy atom. The maximum absolute atomic E-state index is 10.6. The van der Waals surface area contributed by atoms with Crippen LogP contribution in [0, 0.1) is 0 Å². The van der Waals surface area contributed by atoms with Crippen molar-refractivity contribution in [1.29, 1.82) is 0 Å². The van der Waals surface area contributed by atoms with Crippen LogP contribution in [0.3, 0.4) is 0 Å². The van der Waals surface area contributed by atoms with Gasteiger partial charge in [0.2, 0.25) is 5.91 Å². The lowest BCUT2D eigenvalue weighted by Crippen LogP contribution is -2.18. The Bertz CT molecular complexity index is 300. The second-order valence-corrected chi connectivity index (χ2v) is 3.82. The minimum absolute atomic E-state index is 0.0779. The third-order valence-electron chi connectivity index (χ3n) is 1.42. The van der Waals surface area contributed by atoms with Crippen LogP contribution in [0.1, 0.15) is 5.69 Å². The number of aromatic nitrogens is 3. The van der Waals surface area contributed by atoms with Gasteiger partial charge in [0.15, 0.2) is 0 Å². The molecule has 6 nitrogen and oxygen atoms in total. The van der Waals surface area contributed by atoms with E-state index in [0.717, 1.165) is 17.2 Å². The van der Waals surface area contributed by atoms with E-state index in [-0.39, 0.29) is 6.54 Å². The Kier molecular flexibility index (Phi) is 4.41. The average molecular weight is 215 g/mol. The van der Waals surface area contributed by atoms with Gasteiger partial charge in [0.05, 0.1) is 5.69 Å². The zero-order chi connectivity index (χ0) is 10.4. The molecule has 78 valence electrons. The minimum Gasteiger partial charge on any atom is -0.368 e. The third kappa shape index (κ3) is 3.75. The summed E-state index contributed by atoms with van der Waals surface area (Å²) in [4.78, 5) is 10.6. The predicted octanol–water partition coefficient (Wildman–Crippen LogP) is -1.04. The maximum atomic E-state index is 10.6. The first kappa shape index (κ1) is 11.0. The molecule has 0 fully saturated rings. The summed E-state index contributed by atoms with van der Waals surface area (Å²) < 4.78 is 1.43. The molecule has 0 bridgehead atoms. The minimum atomic E-state index is -0.420. The van der Waals surface area contributed by atoms with Crippen molar-refractivity contribution < 1.29 is 4.79 Å². The quantitative estimate of drug-likeness (QED) is 0.590. The van der Waals surface area contributed by atoms with Gasteiger partial charge in [0.1, 0.15) is 6.54 Å². The van der Waals surface area contributed by atoms with Crippen molar-refractivity contribution in [3.8, 4) is 0 Å². The fourth-order valence-electron chi connectivity index (χ4n) is 0.902. The zero-order valence-corrected chi connectivity index (χ0v) is 8.54. The Labute approximate surface area is 86.0 Å². The van der Waals surface area contributed by atoms with E-state index in [4.69, 9.17) is 11.5 Å². The van der Waals surface area contributed by atoms with Crippen molar-refractivity contribution in [3.05, 3.63) is 11.9 Å². The second-order valence-electron chi connectivity index (χ2n) is 2.72. The monoisotopic (exact) mass is 215 g/mol. The van der Waals surface area contributed by atoms with Gasteiger partial charge in [-0.15, -0.1) is 5.10 Å². The third-order valence-corrected chi connectivity index (χ3v) is 2.44. The molecule has 1 rings (SSSR count). The highest BCUT2D eigenvalue weighted by Gasteiger charge is 2.02. The van der Waals surface area contributed by atoms with E-state index in [0.29, 0.717) is 6.54 Å². The second kappa shape index (κ2) is 5.61. The standard InChI is InChI=1S/C7H13N5OS/c8-1-2-14-5-6-3-12(11-10-6)4-7(9)13/h3H,1-2,4-5,8H2,(H2,9,13). The van der Waals surface area contributed by atoms with E-state index < -0.39 is 5.91 Å². The molecule has 1 heterocycles. The van der Waals surface area contributed by atoms with Crippen LogP contribution in [0.2, 0.25) is 0 Å². The summed E-state index contributed by atoms with van der Waals surface area (Å²) in [5.41, 5.74) is 11.2. The van der Waals surface area contributed by atoms with Gasteiger partial charge in [-0.2, -0.15) is 11.8 Å². The number of nitrogens with two attached hydrogens (primary N) is 2. The molecule has 0 unspecified atom stereocenters. The maximum Gasteiger partial charge on any atom is 0.239 e. The average Bonchev–Trinajstić information content (AvgIpc) is 2.52. The highest BCUT2D eigenvalue weighted by atomic mass is 32.2. The van der Waals surface area contributed by atoms with Crippen LogP contribution < -0.4 is 11.5 Å². The van der Waals surface area contributed by atoms with Crippen molar-refractivity contribution >= 4 is 17.7 Å². The Morgan fingerprint density at radius 2 is 2.43 bits per heavy atom. The van der Waals surface area contributed by atoms with Crippen molar-refractivity contribution in [2.45, 2.75) is 12.3 Å². The summed E-state index contributed by atoms with van der Waals surface area (Å²) in [5, 5.41) is 7.64. The Morgan fingerprint density at radius 3 is 3.07 bits per heavy atom. The molecule has 0 saturated heterocycles. The van der Waals surface area contributed by atoms with Gasteiger partial charge in [-0.1, -0.05) is 5.21 Å². The molecule has 1 aromatic heterocycles. The first-order chi connectivity index (χ1) is 6.72. The fourth-order valence-corrected chi connectivity index (χ4v) is 1.55. The molecule has 0 aliphatic carbocycles. The van der Waals surface area contributed by atoms with Crippen molar-refractivity contribution in [1.82, 2.24) is 15.0 Å². The van der Waals surface area contributed by atoms with E-state index in [1.54, 1.807) is 18.0 Å². The van der Waals surface area contributed by atoms with Gasteiger partial charge in [-0.25, -0.2) is 4.68 Å². The molecule has 7 heteroatoms. The van der Waals surface area contributed by atoms with Crippen molar-refractivity contribution in [2.24, 2.45) is 11.5 Å². The lowest BCUT2D eigenvalue weighted by molar-refractivity contribution is -0.118. The molecule has 14 heavy (non-hydrogen) atoms. The van der Waals surface area contributed by atoms with Crippen LogP contribution >= 0.6 is 11.8 Å². The molecule has 0 atom stereocenters. The lowest BCUT2D eigenvalue weighted by atomic mass is 10.5. The topological polar surface area (TPSA) is 99.8 Å². The summed E-state index contributed by atoms with van der Waals surface area (Å²) in [7, 11) is 0. The number of carbonyl (C=O) groups excluding carboxylic acids is 1. The molecular weight excluding hydrogens is 202 g/mol. The van der Waals surface area contributed by atoms with Crippen LogP contribution in [-0.4, -0.2) is 33.2 Å². The molecule has 0 aliphatic heterocycles.